The summed E-state index contributed by atoms with van der Waals surface area (Å²) in [7, 11) is 0. The van der Waals surface area contributed by atoms with Gasteiger partial charge in [-0.3, -0.25) is 14.6 Å². The maximum atomic E-state index is 13.9. The van der Waals surface area contributed by atoms with Crippen molar-refractivity contribution in [1.29, 1.82) is 0 Å². The number of phenols is 1. The number of aliphatic imine (C=N–C) groups is 1. The second-order valence-electron chi connectivity index (χ2n) is 10.3. The smallest absolute Gasteiger partial charge is 0.315 e. The third kappa shape index (κ3) is 4.30. The van der Waals surface area contributed by atoms with E-state index in [2.05, 4.69) is 0 Å². The Labute approximate surface area is 216 Å². The Morgan fingerprint density at radius 3 is 2.70 bits per heavy atom. The molecule has 4 aliphatic rings. The summed E-state index contributed by atoms with van der Waals surface area (Å²) in [5.41, 5.74) is 3.68. The molecule has 2 aromatic rings. The molecule has 7 nitrogen and oxygen atoms in total. The predicted octanol–water partition coefficient (Wildman–Crippen LogP) is 5.57. The molecule has 1 saturated carbocycles. The zero-order valence-corrected chi connectivity index (χ0v) is 20.9. The highest BCUT2D eigenvalue weighted by Gasteiger charge is 2.46. The van der Waals surface area contributed by atoms with Gasteiger partial charge in [-0.25, -0.2) is 0 Å². The van der Waals surface area contributed by atoms with Crippen molar-refractivity contribution in [2.24, 2.45) is 10.9 Å². The van der Waals surface area contributed by atoms with Gasteiger partial charge in [-0.1, -0.05) is 31.2 Å². The van der Waals surface area contributed by atoms with E-state index in [9.17, 15) is 14.7 Å². The zero-order valence-electron chi connectivity index (χ0n) is 20.9. The van der Waals surface area contributed by atoms with Crippen molar-refractivity contribution in [3.63, 3.8) is 0 Å². The minimum atomic E-state index is -0.690. The fourth-order valence-electron chi connectivity index (χ4n) is 6.36. The molecular formula is C30H31NO6. The highest BCUT2D eigenvalue weighted by Crippen LogP contribution is 2.50. The van der Waals surface area contributed by atoms with E-state index in [-0.39, 0.29) is 42.7 Å². The maximum Gasteiger partial charge on any atom is 0.315 e. The zero-order chi connectivity index (χ0) is 25.5. The van der Waals surface area contributed by atoms with Crippen molar-refractivity contribution in [3.8, 4) is 17.2 Å². The van der Waals surface area contributed by atoms with Crippen LogP contribution in [0.25, 0.3) is 0 Å². The molecule has 0 spiro atoms. The van der Waals surface area contributed by atoms with E-state index in [1.807, 2.05) is 31.2 Å². The molecule has 37 heavy (non-hydrogen) atoms. The van der Waals surface area contributed by atoms with Gasteiger partial charge in [-0.05, 0) is 62.3 Å². The molecule has 1 N–H and O–H groups in total. The number of rotatable bonds is 5. The molecule has 7 heteroatoms. The molecule has 0 radical (unpaired) electrons. The number of benzene rings is 2. The van der Waals surface area contributed by atoms with E-state index in [4.69, 9.17) is 19.2 Å². The van der Waals surface area contributed by atoms with Gasteiger partial charge in [0.1, 0.15) is 17.8 Å². The van der Waals surface area contributed by atoms with Gasteiger partial charge in [0, 0.05) is 40.8 Å². The Bertz CT molecular complexity index is 1300. The summed E-state index contributed by atoms with van der Waals surface area (Å²) in [6, 6.07) is 12.6. The minimum absolute atomic E-state index is 0.0336. The number of ketones is 1. The van der Waals surface area contributed by atoms with Crippen LogP contribution in [0.3, 0.4) is 0 Å². The fraction of sp³-hybridized carbons (Fsp3) is 0.433. The largest absolute Gasteiger partial charge is 0.508 e. The summed E-state index contributed by atoms with van der Waals surface area (Å²) in [6.45, 7) is 2.15. The number of phenolic OH excluding ortho intramolecular Hbond substituents is 1. The van der Waals surface area contributed by atoms with Gasteiger partial charge >= 0.3 is 5.97 Å². The normalized spacial score (nSPS) is 25.2. The molecule has 6 rings (SSSR count). The van der Waals surface area contributed by atoms with Crippen LogP contribution < -0.4 is 9.47 Å². The van der Waals surface area contributed by atoms with Crippen LogP contribution >= 0.6 is 0 Å². The Kier molecular flexibility index (Phi) is 6.22. The van der Waals surface area contributed by atoms with Crippen LogP contribution in [0.2, 0.25) is 0 Å². The standard InChI is InChI=1S/C30H31NO6/c1-2-22-28(30(34)37-20-9-3-4-10-20)26(17-7-5-8-19(32)13-17)27-23(31-22)14-18(15-24(27)33)21-11-6-12-25-29(21)36-16-35-25/h5-8,11-13,18,20,26,28,32H,2-4,9-10,14-16H2,1H3. The number of hydrogen-bond acceptors (Lipinski definition) is 7. The van der Waals surface area contributed by atoms with E-state index in [0.29, 0.717) is 35.6 Å². The highest BCUT2D eigenvalue weighted by molar-refractivity contribution is 6.09. The van der Waals surface area contributed by atoms with Crippen molar-refractivity contribution in [2.75, 3.05) is 6.79 Å². The number of para-hydroxylation sites is 1. The van der Waals surface area contributed by atoms with Gasteiger partial charge in [0.2, 0.25) is 6.79 Å². The number of allylic oxidation sites excluding steroid dienone is 2. The fourth-order valence-corrected chi connectivity index (χ4v) is 6.36. The first kappa shape index (κ1) is 23.8. The van der Waals surface area contributed by atoms with Crippen LogP contribution in [0.5, 0.6) is 17.2 Å². The molecule has 3 unspecified atom stereocenters. The molecular weight excluding hydrogens is 470 g/mol. The number of Topliss-reactive ketones (excluding diaryl/α,β-unsaturated/α-hetero) is 1. The average Bonchev–Trinajstić information content (AvgIpc) is 3.59. The van der Waals surface area contributed by atoms with Gasteiger partial charge < -0.3 is 19.3 Å². The number of fused-ring (bicyclic) bond motifs is 1. The Morgan fingerprint density at radius 1 is 1.11 bits per heavy atom. The number of ether oxygens (including phenoxy) is 3. The molecule has 2 heterocycles. The first-order valence-corrected chi connectivity index (χ1v) is 13.2. The van der Waals surface area contributed by atoms with E-state index in [1.165, 1.54) is 0 Å². The van der Waals surface area contributed by atoms with Crippen LogP contribution in [0, 0.1) is 5.92 Å². The molecule has 0 saturated heterocycles. The van der Waals surface area contributed by atoms with Crippen LogP contribution in [-0.4, -0.2) is 35.5 Å². The lowest BCUT2D eigenvalue weighted by Crippen LogP contribution is -2.39. The van der Waals surface area contributed by atoms with Gasteiger partial charge in [-0.2, -0.15) is 0 Å². The van der Waals surface area contributed by atoms with Crippen LogP contribution in [0.1, 0.15) is 74.8 Å². The van der Waals surface area contributed by atoms with Gasteiger partial charge in [-0.15, -0.1) is 0 Å². The predicted molar refractivity (Wildman–Crippen MR) is 137 cm³/mol. The maximum absolute atomic E-state index is 13.9. The van der Waals surface area contributed by atoms with E-state index in [0.717, 1.165) is 42.5 Å². The molecule has 0 bridgehead atoms. The summed E-state index contributed by atoms with van der Waals surface area (Å²) in [5.74, 6) is -0.205. The number of carbonyl (C=O) groups excluding carboxylic acids is 2. The third-order valence-electron chi connectivity index (χ3n) is 8.06. The molecule has 0 amide bonds. The SMILES string of the molecule is CCC1=NC2=C(C(=O)CC(c3cccc4c3OCO4)C2)C(c2cccc(O)c2)C1C(=O)OC1CCCC1. The first-order valence-electron chi connectivity index (χ1n) is 13.2. The summed E-state index contributed by atoms with van der Waals surface area (Å²) < 4.78 is 17.3. The number of hydrogen-bond donors (Lipinski definition) is 1. The minimum Gasteiger partial charge on any atom is -0.508 e. The van der Waals surface area contributed by atoms with Gasteiger partial charge in [0.25, 0.3) is 0 Å². The number of carbonyl (C=O) groups is 2. The first-order chi connectivity index (χ1) is 18.0. The van der Waals surface area contributed by atoms with Crippen LogP contribution in [-0.2, 0) is 14.3 Å². The second-order valence-corrected chi connectivity index (χ2v) is 10.3. The molecule has 1 fully saturated rings. The molecule has 192 valence electrons. The highest BCUT2D eigenvalue weighted by atomic mass is 16.7. The second kappa shape index (κ2) is 9.69. The Hall–Kier alpha value is -3.61. The Balaban J connectivity index is 1.42. The quantitative estimate of drug-likeness (QED) is 0.538. The lowest BCUT2D eigenvalue weighted by atomic mass is 9.68. The van der Waals surface area contributed by atoms with E-state index < -0.39 is 11.8 Å². The molecule has 2 aliphatic heterocycles. The number of esters is 1. The van der Waals surface area contributed by atoms with Gasteiger partial charge in [0.05, 0.1) is 0 Å². The van der Waals surface area contributed by atoms with Crippen molar-refractivity contribution in [2.45, 2.75) is 69.8 Å². The van der Waals surface area contributed by atoms with Gasteiger partial charge in [0.15, 0.2) is 17.3 Å². The average molecular weight is 502 g/mol. The van der Waals surface area contributed by atoms with Crippen LogP contribution in [0.15, 0.2) is 58.7 Å². The van der Waals surface area contributed by atoms with Crippen molar-refractivity contribution in [3.05, 3.63) is 64.9 Å². The summed E-state index contributed by atoms with van der Waals surface area (Å²) >= 11 is 0. The molecule has 2 aromatic carbocycles. The number of aromatic hydroxyl groups is 1. The monoisotopic (exact) mass is 501 g/mol. The van der Waals surface area contributed by atoms with Crippen LogP contribution in [0.4, 0.5) is 0 Å². The van der Waals surface area contributed by atoms with Crippen molar-refractivity contribution in [1.82, 2.24) is 0 Å². The lowest BCUT2D eigenvalue weighted by molar-refractivity contribution is -0.151. The number of nitrogens with zero attached hydrogens (tertiary/aromatic N) is 1. The Morgan fingerprint density at radius 2 is 1.92 bits per heavy atom. The topological polar surface area (TPSA) is 94.4 Å². The summed E-state index contributed by atoms with van der Waals surface area (Å²) in [6.07, 6.45) is 5.18. The molecule has 0 aromatic heterocycles. The molecule has 2 aliphatic carbocycles. The molecule has 3 atom stereocenters. The summed E-state index contributed by atoms with van der Waals surface area (Å²) in [5, 5.41) is 10.3. The van der Waals surface area contributed by atoms with Crippen molar-refractivity contribution >= 4 is 17.5 Å². The van der Waals surface area contributed by atoms with E-state index in [1.54, 1.807) is 18.2 Å². The van der Waals surface area contributed by atoms with E-state index >= 15 is 0 Å². The lowest BCUT2D eigenvalue weighted by Gasteiger charge is -2.37. The van der Waals surface area contributed by atoms with Crippen molar-refractivity contribution < 1.29 is 28.9 Å². The third-order valence-corrected chi connectivity index (χ3v) is 8.06. The summed E-state index contributed by atoms with van der Waals surface area (Å²) in [4.78, 5) is 32.5.